The van der Waals surface area contributed by atoms with Gasteiger partial charge in [0.15, 0.2) is 0 Å². The van der Waals surface area contributed by atoms with Crippen LogP contribution in [0.4, 0.5) is 0 Å². The number of phenolic OH excluding ortho intramolecular Hbond substituents is 1. The van der Waals surface area contributed by atoms with Gasteiger partial charge in [0, 0.05) is 17.0 Å². The number of nitrogens with two attached hydrogens (primary N) is 1. The molecule has 1 aliphatic carbocycles. The van der Waals surface area contributed by atoms with Gasteiger partial charge in [-0.1, -0.05) is 0 Å². The fraction of sp³-hybridized carbons (Fsp3) is 0.500. The molecule has 0 radical (unpaired) electrons. The van der Waals surface area contributed by atoms with Gasteiger partial charge in [0.25, 0.3) is 0 Å². The second-order valence-corrected chi connectivity index (χ2v) is 4.33. The van der Waals surface area contributed by atoms with E-state index in [9.17, 15) is 5.11 Å². The smallest absolute Gasteiger partial charge is 0.119 e. The van der Waals surface area contributed by atoms with E-state index in [1.807, 2.05) is 13.0 Å². The Bertz CT molecular complexity index is 370. The van der Waals surface area contributed by atoms with Crippen molar-refractivity contribution in [3.8, 4) is 11.5 Å². The Hall–Kier alpha value is -1.22. The molecule has 3 nitrogen and oxygen atoms in total. The van der Waals surface area contributed by atoms with Gasteiger partial charge in [0.1, 0.15) is 11.5 Å². The molecule has 1 aromatic carbocycles. The lowest BCUT2D eigenvalue weighted by Crippen LogP contribution is -2.31. The second kappa shape index (κ2) is 3.42. The predicted molar refractivity (Wildman–Crippen MR) is 59.2 cm³/mol. The summed E-state index contributed by atoms with van der Waals surface area (Å²) in [4.78, 5) is 0. The summed E-state index contributed by atoms with van der Waals surface area (Å²) in [7, 11) is 1.63. The van der Waals surface area contributed by atoms with Crippen molar-refractivity contribution < 1.29 is 9.84 Å². The number of methoxy groups -OCH3 is 1. The van der Waals surface area contributed by atoms with E-state index in [4.69, 9.17) is 10.5 Å². The summed E-state index contributed by atoms with van der Waals surface area (Å²) in [6.45, 7) is 1.99. The molecular formula is C12H17NO2. The van der Waals surface area contributed by atoms with Gasteiger partial charge >= 0.3 is 0 Å². The molecule has 1 saturated carbocycles. The van der Waals surface area contributed by atoms with Crippen LogP contribution < -0.4 is 10.5 Å². The quantitative estimate of drug-likeness (QED) is 0.794. The van der Waals surface area contributed by atoms with Crippen LogP contribution in [0.3, 0.4) is 0 Å². The maximum Gasteiger partial charge on any atom is 0.119 e. The molecule has 1 aromatic rings. The maximum absolute atomic E-state index is 9.84. The van der Waals surface area contributed by atoms with Crippen LogP contribution in [0, 0.1) is 0 Å². The third-order valence-electron chi connectivity index (χ3n) is 3.40. The van der Waals surface area contributed by atoms with Gasteiger partial charge in [0.2, 0.25) is 0 Å². The van der Waals surface area contributed by atoms with E-state index in [0.717, 1.165) is 24.2 Å². The van der Waals surface area contributed by atoms with E-state index in [1.165, 1.54) is 0 Å². The largest absolute Gasteiger partial charge is 0.508 e. The van der Waals surface area contributed by atoms with Crippen LogP contribution in [0.2, 0.25) is 0 Å². The molecule has 2 rings (SSSR count). The Morgan fingerprint density at radius 2 is 2.13 bits per heavy atom. The van der Waals surface area contributed by atoms with Crippen LogP contribution in [0.15, 0.2) is 18.2 Å². The standard InChI is InChI=1S/C12H17NO2/c1-8(13)12(5-6-12)10-7-9(15-2)3-4-11(10)14/h3-4,7-8,14H,5-6,13H2,1-2H3. The van der Waals surface area contributed by atoms with Crippen LogP contribution in [-0.4, -0.2) is 18.3 Å². The summed E-state index contributed by atoms with van der Waals surface area (Å²) >= 11 is 0. The van der Waals surface area contributed by atoms with Gasteiger partial charge in [0.05, 0.1) is 7.11 Å². The third kappa shape index (κ3) is 1.57. The molecule has 0 aliphatic heterocycles. The van der Waals surface area contributed by atoms with Gasteiger partial charge in [-0.2, -0.15) is 0 Å². The number of phenols is 1. The van der Waals surface area contributed by atoms with Crippen molar-refractivity contribution >= 4 is 0 Å². The molecule has 0 amide bonds. The van der Waals surface area contributed by atoms with E-state index < -0.39 is 0 Å². The zero-order valence-electron chi connectivity index (χ0n) is 9.16. The number of aromatic hydroxyl groups is 1. The molecule has 1 atom stereocenters. The average Bonchev–Trinajstić information content (AvgIpc) is 2.99. The lowest BCUT2D eigenvalue weighted by molar-refractivity contribution is 0.406. The van der Waals surface area contributed by atoms with Crippen molar-refractivity contribution in [3.05, 3.63) is 23.8 Å². The Balaban J connectivity index is 2.43. The zero-order valence-corrected chi connectivity index (χ0v) is 9.16. The molecule has 0 spiro atoms. The first-order chi connectivity index (χ1) is 7.10. The third-order valence-corrected chi connectivity index (χ3v) is 3.40. The maximum atomic E-state index is 9.84. The van der Waals surface area contributed by atoms with Crippen LogP contribution in [0.25, 0.3) is 0 Å². The Labute approximate surface area is 89.9 Å². The van der Waals surface area contributed by atoms with E-state index in [0.29, 0.717) is 5.75 Å². The predicted octanol–water partition coefficient (Wildman–Crippen LogP) is 1.78. The molecule has 1 unspecified atom stereocenters. The minimum atomic E-state index is -0.0291. The lowest BCUT2D eigenvalue weighted by Gasteiger charge is -2.21. The highest BCUT2D eigenvalue weighted by Gasteiger charge is 2.49. The number of benzene rings is 1. The van der Waals surface area contributed by atoms with Crippen molar-refractivity contribution in [2.45, 2.75) is 31.2 Å². The van der Waals surface area contributed by atoms with Gasteiger partial charge in [-0.05, 0) is 38.0 Å². The monoisotopic (exact) mass is 207 g/mol. The molecule has 0 bridgehead atoms. The van der Waals surface area contributed by atoms with E-state index in [-0.39, 0.29) is 11.5 Å². The normalized spacial score (nSPS) is 19.7. The van der Waals surface area contributed by atoms with Crippen LogP contribution >= 0.6 is 0 Å². The SMILES string of the molecule is COc1ccc(O)c(C2(C(C)N)CC2)c1. The van der Waals surface area contributed by atoms with Crippen molar-refractivity contribution in [2.24, 2.45) is 5.73 Å². The molecule has 0 heterocycles. The average molecular weight is 207 g/mol. The number of hydrogen-bond donors (Lipinski definition) is 2. The number of hydrogen-bond acceptors (Lipinski definition) is 3. The fourth-order valence-corrected chi connectivity index (χ4v) is 2.15. The molecule has 1 aliphatic rings. The molecule has 1 fully saturated rings. The molecule has 0 aromatic heterocycles. The zero-order chi connectivity index (χ0) is 11.1. The van der Waals surface area contributed by atoms with Crippen LogP contribution in [-0.2, 0) is 5.41 Å². The van der Waals surface area contributed by atoms with Gasteiger partial charge < -0.3 is 15.6 Å². The topological polar surface area (TPSA) is 55.5 Å². The van der Waals surface area contributed by atoms with Crippen molar-refractivity contribution in [3.63, 3.8) is 0 Å². The molecule has 82 valence electrons. The van der Waals surface area contributed by atoms with E-state index in [2.05, 4.69) is 0 Å². The summed E-state index contributed by atoms with van der Waals surface area (Å²) in [5.41, 5.74) is 6.87. The summed E-state index contributed by atoms with van der Waals surface area (Å²) in [5, 5.41) is 9.84. The summed E-state index contributed by atoms with van der Waals surface area (Å²) < 4.78 is 5.16. The Kier molecular flexibility index (Phi) is 2.35. The summed E-state index contributed by atoms with van der Waals surface area (Å²) in [6.07, 6.45) is 2.09. The molecule has 3 N–H and O–H groups in total. The van der Waals surface area contributed by atoms with Crippen molar-refractivity contribution in [1.29, 1.82) is 0 Å². The summed E-state index contributed by atoms with van der Waals surface area (Å²) in [5.74, 6) is 1.10. The van der Waals surface area contributed by atoms with Crippen molar-refractivity contribution in [1.82, 2.24) is 0 Å². The van der Waals surface area contributed by atoms with E-state index >= 15 is 0 Å². The van der Waals surface area contributed by atoms with Crippen LogP contribution in [0.5, 0.6) is 11.5 Å². The molecule has 3 heteroatoms. The second-order valence-electron chi connectivity index (χ2n) is 4.33. The highest BCUT2D eigenvalue weighted by molar-refractivity contribution is 5.47. The fourth-order valence-electron chi connectivity index (χ4n) is 2.15. The van der Waals surface area contributed by atoms with Gasteiger partial charge in [-0.3, -0.25) is 0 Å². The molecule has 15 heavy (non-hydrogen) atoms. The first-order valence-corrected chi connectivity index (χ1v) is 5.23. The number of ether oxygens (including phenoxy) is 1. The number of rotatable bonds is 3. The van der Waals surface area contributed by atoms with Gasteiger partial charge in [-0.15, -0.1) is 0 Å². The minimum absolute atomic E-state index is 0.0291. The Morgan fingerprint density at radius 1 is 1.47 bits per heavy atom. The molecular weight excluding hydrogens is 190 g/mol. The summed E-state index contributed by atoms with van der Waals surface area (Å²) in [6, 6.07) is 5.40. The lowest BCUT2D eigenvalue weighted by atomic mass is 9.88. The highest BCUT2D eigenvalue weighted by Crippen LogP contribution is 2.53. The first-order valence-electron chi connectivity index (χ1n) is 5.23. The first kappa shape index (κ1) is 10.3. The van der Waals surface area contributed by atoms with E-state index in [1.54, 1.807) is 19.2 Å². The van der Waals surface area contributed by atoms with Crippen molar-refractivity contribution in [2.75, 3.05) is 7.11 Å². The molecule has 0 saturated heterocycles. The highest BCUT2D eigenvalue weighted by atomic mass is 16.5. The van der Waals surface area contributed by atoms with Gasteiger partial charge in [-0.25, -0.2) is 0 Å². The minimum Gasteiger partial charge on any atom is -0.508 e. The van der Waals surface area contributed by atoms with Crippen LogP contribution in [0.1, 0.15) is 25.3 Å². The Morgan fingerprint density at radius 3 is 2.60 bits per heavy atom.